The van der Waals surface area contributed by atoms with Gasteiger partial charge in [-0.1, -0.05) is 26.2 Å². The molecule has 0 bridgehead atoms. The third-order valence-electron chi connectivity index (χ3n) is 4.38. The first kappa shape index (κ1) is 15.1. The van der Waals surface area contributed by atoms with Crippen molar-refractivity contribution >= 4 is 11.9 Å². The lowest BCUT2D eigenvalue weighted by atomic mass is 9.84. The van der Waals surface area contributed by atoms with Crippen molar-refractivity contribution < 1.29 is 14.3 Å². The number of esters is 1. The van der Waals surface area contributed by atoms with E-state index in [-0.39, 0.29) is 11.9 Å². The van der Waals surface area contributed by atoms with Crippen LogP contribution < -0.4 is 5.32 Å². The molecular formula is C16H25NO3. The van der Waals surface area contributed by atoms with Gasteiger partial charge in [0.2, 0.25) is 0 Å². The SMILES string of the molecule is CCCCNC(=O)C1=C(C)C(=O)OC12CCCCCC2. The maximum absolute atomic E-state index is 12.5. The lowest BCUT2D eigenvalue weighted by molar-refractivity contribution is -0.148. The van der Waals surface area contributed by atoms with Gasteiger partial charge in [-0.2, -0.15) is 0 Å². The summed E-state index contributed by atoms with van der Waals surface area (Å²) >= 11 is 0. The van der Waals surface area contributed by atoms with Crippen molar-refractivity contribution in [3.8, 4) is 0 Å². The van der Waals surface area contributed by atoms with Crippen molar-refractivity contribution in [2.24, 2.45) is 0 Å². The molecule has 1 aliphatic heterocycles. The van der Waals surface area contributed by atoms with E-state index in [0.29, 0.717) is 17.7 Å². The Bertz CT molecular complexity index is 417. The second-order valence-corrected chi connectivity index (χ2v) is 5.91. The third-order valence-corrected chi connectivity index (χ3v) is 4.38. The lowest BCUT2D eigenvalue weighted by Gasteiger charge is -2.29. The molecule has 4 heteroatoms. The van der Waals surface area contributed by atoms with E-state index in [9.17, 15) is 9.59 Å². The molecule has 0 aromatic rings. The summed E-state index contributed by atoms with van der Waals surface area (Å²) in [6.45, 7) is 4.47. The fourth-order valence-corrected chi connectivity index (χ4v) is 3.24. The highest BCUT2D eigenvalue weighted by Gasteiger charge is 2.48. The van der Waals surface area contributed by atoms with Crippen LogP contribution in [0.15, 0.2) is 11.1 Å². The van der Waals surface area contributed by atoms with E-state index in [1.807, 2.05) is 0 Å². The van der Waals surface area contributed by atoms with E-state index in [2.05, 4.69) is 12.2 Å². The summed E-state index contributed by atoms with van der Waals surface area (Å²) in [5.74, 6) is -0.420. The van der Waals surface area contributed by atoms with Crippen LogP contribution in [0.4, 0.5) is 0 Å². The van der Waals surface area contributed by atoms with Gasteiger partial charge in [-0.3, -0.25) is 4.79 Å². The highest BCUT2D eigenvalue weighted by Crippen LogP contribution is 2.42. The molecule has 0 radical (unpaired) electrons. The van der Waals surface area contributed by atoms with E-state index in [4.69, 9.17) is 4.74 Å². The molecule has 1 N–H and O–H groups in total. The van der Waals surface area contributed by atoms with Gasteiger partial charge in [0.25, 0.3) is 5.91 Å². The molecule has 1 heterocycles. The van der Waals surface area contributed by atoms with Gasteiger partial charge in [-0.25, -0.2) is 4.79 Å². The van der Waals surface area contributed by atoms with Gasteiger partial charge in [-0.05, 0) is 39.0 Å². The first-order valence-electron chi connectivity index (χ1n) is 7.83. The van der Waals surface area contributed by atoms with Crippen molar-refractivity contribution in [1.82, 2.24) is 5.32 Å². The minimum Gasteiger partial charge on any atom is -0.451 e. The summed E-state index contributed by atoms with van der Waals surface area (Å²) in [5, 5.41) is 2.94. The predicted molar refractivity (Wildman–Crippen MR) is 77.1 cm³/mol. The van der Waals surface area contributed by atoms with Gasteiger partial charge in [0.15, 0.2) is 0 Å². The number of carbonyl (C=O) groups is 2. The van der Waals surface area contributed by atoms with Gasteiger partial charge in [-0.15, -0.1) is 0 Å². The number of unbranched alkanes of at least 4 members (excludes halogenated alkanes) is 1. The van der Waals surface area contributed by atoms with Crippen LogP contribution in [0.1, 0.15) is 65.2 Å². The first-order chi connectivity index (χ1) is 9.60. The maximum Gasteiger partial charge on any atom is 0.335 e. The minimum atomic E-state index is -0.645. The smallest absolute Gasteiger partial charge is 0.335 e. The van der Waals surface area contributed by atoms with E-state index in [1.165, 1.54) is 0 Å². The quantitative estimate of drug-likeness (QED) is 0.636. The molecule has 1 saturated carbocycles. The van der Waals surface area contributed by atoms with Crippen molar-refractivity contribution in [2.75, 3.05) is 6.54 Å². The summed E-state index contributed by atoms with van der Waals surface area (Å²) in [7, 11) is 0. The number of hydrogen-bond acceptors (Lipinski definition) is 3. The van der Waals surface area contributed by atoms with Crippen molar-refractivity contribution in [2.45, 2.75) is 70.8 Å². The molecule has 1 fully saturated rings. The van der Waals surface area contributed by atoms with Gasteiger partial charge in [0.05, 0.1) is 5.57 Å². The lowest BCUT2D eigenvalue weighted by Crippen LogP contribution is -2.39. The molecule has 0 saturated heterocycles. The van der Waals surface area contributed by atoms with Crippen molar-refractivity contribution in [3.05, 3.63) is 11.1 Å². The Morgan fingerprint density at radius 3 is 2.50 bits per heavy atom. The maximum atomic E-state index is 12.5. The normalized spacial score (nSPS) is 21.8. The predicted octanol–water partition coefficient (Wildman–Crippen LogP) is 2.87. The molecule has 0 unspecified atom stereocenters. The van der Waals surface area contributed by atoms with Crippen LogP contribution in [0.25, 0.3) is 0 Å². The molecule has 0 atom stereocenters. The van der Waals surface area contributed by atoms with Gasteiger partial charge >= 0.3 is 5.97 Å². The largest absolute Gasteiger partial charge is 0.451 e. The molecule has 20 heavy (non-hydrogen) atoms. The summed E-state index contributed by atoms with van der Waals surface area (Å²) in [6, 6.07) is 0. The molecule has 1 aliphatic carbocycles. The Hall–Kier alpha value is -1.32. The Morgan fingerprint density at radius 2 is 1.90 bits per heavy atom. The Morgan fingerprint density at radius 1 is 1.25 bits per heavy atom. The van der Waals surface area contributed by atoms with Crippen LogP contribution in [0.2, 0.25) is 0 Å². The molecule has 2 aliphatic rings. The number of carbonyl (C=O) groups excluding carboxylic acids is 2. The van der Waals surface area contributed by atoms with Crippen LogP contribution in [0.3, 0.4) is 0 Å². The molecule has 1 amide bonds. The number of nitrogens with one attached hydrogen (secondary N) is 1. The molecule has 0 aromatic carbocycles. The van der Waals surface area contributed by atoms with Crippen molar-refractivity contribution in [1.29, 1.82) is 0 Å². The number of rotatable bonds is 4. The second-order valence-electron chi connectivity index (χ2n) is 5.91. The average molecular weight is 279 g/mol. The molecule has 112 valence electrons. The third kappa shape index (κ3) is 2.89. The minimum absolute atomic E-state index is 0.108. The molecule has 0 aromatic heterocycles. The molecule has 2 rings (SSSR count). The van der Waals surface area contributed by atoms with Gasteiger partial charge in [0, 0.05) is 12.1 Å². The van der Waals surface area contributed by atoms with Gasteiger partial charge in [0.1, 0.15) is 5.60 Å². The summed E-state index contributed by atoms with van der Waals surface area (Å²) in [4.78, 5) is 24.4. The molecule has 1 spiro atoms. The van der Waals surface area contributed by atoms with E-state index >= 15 is 0 Å². The Balaban J connectivity index is 2.20. The van der Waals surface area contributed by atoms with Crippen LogP contribution in [0, 0.1) is 0 Å². The van der Waals surface area contributed by atoms with Crippen LogP contribution in [-0.2, 0) is 14.3 Å². The standard InChI is InChI=1S/C16H25NO3/c1-3-4-11-17-14(18)13-12(2)15(19)20-16(13)9-7-5-6-8-10-16/h3-11H2,1-2H3,(H,17,18). The second kappa shape index (κ2) is 6.42. The zero-order chi connectivity index (χ0) is 14.6. The Labute approximate surface area is 120 Å². The van der Waals surface area contributed by atoms with Crippen LogP contribution >= 0.6 is 0 Å². The molecular weight excluding hydrogens is 254 g/mol. The van der Waals surface area contributed by atoms with Crippen molar-refractivity contribution in [3.63, 3.8) is 0 Å². The van der Waals surface area contributed by atoms with Crippen LogP contribution in [0.5, 0.6) is 0 Å². The Kier molecular flexibility index (Phi) is 4.84. The number of hydrogen-bond donors (Lipinski definition) is 1. The zero-order valence-electron chi connectivity index (χ0n) is 12.6. The number of ether oxygens (including phenoxy) is 1. The van der Waals surface area contributed by atoms with E-state index in [1.54, 1.807) is 6.92 Å². The summed E-state index contributed by atoms with van der Waals surface area (Å²) < 4.78 is 5.65. The molecule has 4 nitrogen and oxygen atoms in total. The topological polar surface area (TPSA) is 55.4 Å². The van der Waals surface area contributed by atoms with E-state index < -0.39 is 5.60 Å². The fourth-order valence-electron chi connectivity index (χ4n) is 3.24. The monoisotopic (exact) mass is 279 g/mol. The highest BCUT2D eigenvalue weighted by molar-refractivity contribution is 6.07. The summed E-state index contributed by atoms with van der Waals surface area (Å²) in [6.07, 6.45) is 7.92. The number of amides is 1. The van der Waals surface area contributed by atoms with Gasteiger partial charge < -0.3 is 10.1 Å². The zero-order valence-corrected chi connectivity index (χ0v) is 12.6. The highest BCUT2D eigenvalue weighted by atomic mass is 16.6. The average Bonchev–Trinajstić information content (AvgIpc) is 2.58. The summed E-state index contributed by atoms with van der Waals surface area (Å²) in [5.41, 5.74) is 0.454. The fraction of sp³-hybridized carbons (Fsp3) is 0.750. The van der Waals surface area contributed by atoms with Crippen LogP contribution in [-0.4, -0.2) is 24.0 Å². The first-order valence-corrected chi connectivity index (χ1v) is 7.83. The van der Waals surface area contributed by atoms with E-state index in [0.717, 1.165) is 51.4 Å².